The molecule has 120 valence electrons. The molecule has 0 saturated heterocycles. The number of fused-ring (bicyclic) bond motifs is 1. The first-order chi connectivity index (χ1) is 9.82. The Morgan fingerprint density at radius 2 is 1.05 bits per heavy atom. The van der Waals surface area contributed by atoms with Crippen LogP contribution in [0.3, 0.4) is 0 Å². The summed E-state index contributed by atoms with van der Waals surface area (Å²) in [6, 6.07) is 3.81. The third kappa shape index (κ3) is 3.11. The monoisotopic (exact) mass is 368 g/mol. The van der Waals surface area contributed by atoms with Crippen LogP contribution in [0, 0.1) is 0 Å². The second-order valence-electron chi connectivity index (χ2n) is 4.19. The Morgan fingerprint density at radius 1 is 0.591 bits per heavy atom. The molecule has 0 bridgehead atoms. The second kappa shape index (κ2) is 4.97. The van der Waals surface area contributed by atoms with Crippen LogP contribution in [0.25, 0.3) is 10.8 Å². The topological polar surface area (TPSA) is 163 Å². The standard InChI is InChI=1S/C10H8O9S3/c11-20(12,13)6-1-2-7-8(5-6)10(22(17,18)19)4-3-9(7)21(14,15)16/h1-5H,(H,11,12,13)(H,14,15,16)(H,17,18,19). The largest absolute Gasteiger partial charge is 0.295 e. The summed E-state index contributed by atoms with van der Waals surface area (Å²) in [4.78, 5) is -2.17. The Hall–Kier alpha value is -1.57. The van der Waals surface area contributed by atoms with Crippen molar-refractivity contribution >= 4 is 41.1 Å². The summed E-state index contributed by atoms with van der Waals surface area (Å²) in [5, 5.41) is -0.835. The molecule has 0 heterocycles. The Kier molecular flexibility index (Phi) is 3.80. The molecule has 22 heavy (non-hydrogen) atoms. The first-order valence-electron chi connectivity index (χ1n) is 5.31. The Balaban J connectivity index is 3.08. The minimum absolute atomic E-state index is 0.343. The van der Waals surface area contributed by atoms with Crippen molar-refractivity contribution < 1.29 is 38.9 Å². The van der Waals surface area contributed by atoms with Gasteiger partial charge in [-0.2, -0.15) is 25.3 Å². The van der Waals surface area contributed by atoms with Gasteiger partial charge in [0.05, 0.1) is 4.90 Å². The van der Waals surface area contributed by atoms with Crippen LogP contribution in [-0.4, -0.2) is 38.9 Å². The van der Waals surface area contributed by atoms with Crippen molar-refractivity contribution in [1.82, 2.24) is 0 Å². The molecule has 0 aliphatic carbocycles. The molecule has 0 spiro atoms. The third-order valence-electron chi connectivity index (χ3n) is 2.76. The van der Waals surface area contributed by atoms with Gasteiger partial charge in [0.15, 0.2) is 0 Å². The van der Waals surface area contributed by atoms with Gasteiger partial charge in [-0.3, -0.25) is 13.7 Å². The highest BCUT2D eigenvalue weighted by molar-refractivity contribution is 7.86. The third-order valence-corrected chi connectivity index (χ3v) is 5.43. The molecule has 0 aliphatic heterocycles. The molecule has 12 heteroatoms. The summed E-state index contributed by atoms with van der Waals surface area (Å²) < 4.78 is 94.5. The van der Waals surface area contributed by atoms with E-state index in [1.807, 2.05) is 0 Å². The minimum Gasteiger partial charge on any atom is -0.282 e. The van der Waals surface area contributed by atoms with E-state index < -0.39 is 50.4 Å². The van der Waals surface area contributed by atoms with E-state index in [0.29, 0.717) is 12.1 Å². The van der Waals surface area contributed by atoms with Crippen LogP contribution in [0.4, 0.5) is 0 Å². The molecule has 9 nitrogen and oxygen atoms in total. The van der Waals surface area contributed by atoms with E-state index in [1.54, 1.807) is 0 Å². The van der Waals surface area contributed by atoms with Crippen molar-refractivity contribution in [1.29, 1.82) is 0 Å². The van der Waals surface area contributed by atoms with Crippen molar-refractivity contribution in [3.63, 3.8) is 0 Å². The molecule has 2 aromatic carbocycles. The average molecular weight is 368 g/mol. The predicted molar refractivity (Wildman–Crippen MR) is 73.4 cm³/mol. The van der Waals surface area contributed by atoms with Gasteiger partial charge in [-0.15, -0.1) is 0 Å². The highest BCUT2D eigenvalue weighted by Gasteiger charge is 2.22. The zero-order chi connectivity index (χ0) is 16.9. The predicted octanol–water partition coefficient (Wildman–Crippen LogP) is 0.580. The van der Waals surface area contributed by atoms with Gasteiger partial charge in [0, 0.05) is 10.8 Å². The second-order valence-corrected chi connectivity index (χ2v) is 8.40. The lowest BCUT2D eigenvalue weighted by Crippen LogP contribution is -2.05. The molecule has 3 N–H and O–H groups in total. The molecule has 2 rings (SSSR count). The van der Waals surface area contributed by atoms with Gasteiger partial charge in [-0.05, 0) is 24.3 Å². The quantitative estimate of drug-likeness (QED) is 0.657. The van der Waals surface area contributed by atoms with Crippen molar-refractivity contribution in [3.8, 4) is 0 Å². The van der Waals surface area contributed by atoms with Gasteiger partial charge >= 0.3 is 0 Å². The number of hydrogen-bond donors (Lipinski definition) is 3. The van der Waals surface area contributed by atoms with E-state index in [4.69, 9.17) is 13.7 Å². The van der Waals surface area contributed by atoms with Gasteiger partial charge in [-0.1, -0.05) is 6.07 Å². The maximum atomic E-state index is 11.3. The molecule has 0 amide bonds. The molecule has 0 fully saturated rings. The van der Waals surface area contributed by atoms with Gasteiger partial charge in [-0.25, -0.2) is 0 Å². The fraction of sp³-hybridized carbons (Fsp3) is 0. The van der Waals surface area contributed by atoms with Crippen LogP contribution in [0.1, 0.15) is 0 Å². The maximum Gasteiger partial charge on any atom is 0.295 e. The van der Waals surface area contributed by atoms with Crippen molar-refractivity contribution in [3.05, 3.63) is 30.3 Å². The number of rotatable bonds is 3. The summed E-state index contributed by atoms with van der Waals surface area (Å²) in [7, 11) is -14.2. The lowest BCUT2D eigenvalue weighted by Gasteiger charge is -2.09. The van der Waals surface area contributed by atoms with E-state index >= 15 is 0 Å². The Labute approximate surface area is 125 Å². The van der Waals surface area contributed by atoms with Crippen molar-refractivity contribution in [2.45, 2.75) is 14.7 Å². The molecule has 0 aromatic heterocycles. The molecular weight excluding hydrogens is 360 g/mol. The van der Waals surface area contributed by atoms with Gasteiger partial charge in [0.25, 0.3) is 30.4 Å². The molecule has 0 unspecified atom stereocenters. The molecule has 0 saturated carbocycles. The minimum atomic E-state index is -4.81. The SMILES string of the molecule is O=S(=O)(O)c1ccc2c(S(=O)(=O)O)ccc(S(=O)(=O)O)c2c1. The zero-order valence-corrected chi connectivity index (χ0v) is 12.9. The summed E-state index contributed by atoms with van der Waals surface area (Å²) in [5.41, 5.74) is 0. The number of hydrogen-bond acceptors (Lipinski definition) is 6. The van der Waals surface area contributed by atoms with E-state index in [1.165, 1.54) is 0 Å². The number of benzene rings is 2. The van der Waals surface area contributed by atoms with E-state index in [-0.39, 0.29) is 5.39 Å². The molecule has 0 atom stereocenters. The molecule has 2 aromatic rings. The molecule has 0 aliphatic rings. The smallest absolute Gasteiger partial charge is 0.282 e. The van der Waals surface area contributed by atoms with E-state index in [2.05, 4.69) is 0 Å². The molecular formula is C10H8O9S3. The van der Waals surface area contributed by atoms with Crippen molar-refractivity contribution in [2.24, 2.45) is 0 Å². The first kappa shape index (κ1) is 16.8. The van der Waals surface area contributed by atoms with Gasteiger partial charge < -0.3 is 0 Å². The van der Waals surface area contributed by atoms with Gasteiger partial charge in [0.1, 0.15) is 9.79 Å². The lowest BCUT2D eigenvalue weighted by molar-refractivity contribution is 0.479. The lowest BCUT2D eigenvalue weighted by atomic mass is 10.1. The maximum absolute atomic E-state index is 11.3. The summed E-state index contributed by atoms with van der Waals surface area (Å²) in [6.45, 7) is 0. The van der Waals surface area contributed by atoms with E-state index in [0.717, 1.165) is 18.2 Å². The summed E-state index contributed by atoms with van der Waals surface area (Å²) in [5.74, 6) is 0. The highest BCUT2D eigenvalue weighted by atomic mass is 32.2. The Bertz CT molecular complexity index is 1080. The highest BCUT2D eigenvalue weighted by Crippen LogP contribution is 2.30. The normalized spacial score (nSPS) is 13.4. The van der Waals surface area contributed by atoms with Crippen LogP contribution in [-0.2, 0) is 30.4 Å². The van der Waals surface area contributed by atoms with E-state index in [9.17, 15) is 25.3 Å². The Morgan fingerprint density at radius 3 is 1.45 bits per heavy atom. The fourth-order valence-corrected chi connectivity index (χ4v) is 3.77. The summed E-state index contributed by atoms with van der Waals surface area (Å²) >= 11 is 0. The van der Waals surface area contributed by atoms with Crippen LogP contribution in [0.15, 0.2) is 45.0 Å². The van der Waals surface area contributed by atoms with Crippen LogP contribution >= 0.6 is 0 Å². The summed E-state index contributed by atoms with van der Waals surface area (Å²) in [6.07, 6.45) is 0. The fourth-order valence-electron chi connectivity index (χ4n) is 1.88. The zero-order valence-electron chi connectivity index (χ0n) is 10.4. The van der Waals surface area contributed by atoms with Crippen molar-refractivity contribution in [2.75, 3.05) is 0 Å². The average Bonchev–Trinajstić information content (AvgIpc) is 2.33. The van der Waals surface area contributed by atoms with Crippen LogP contribution < -0.4 is 0 Å². The first-order valence-corrected chi connectivity index (χ1v) is 9.63. The van der Waals surface area contributed by atoms with Crippen LogP contribution in [0.2, 0.25) is 0 Å². The van der Waals surface area contributed by atoms with Gasteiger partial charge in [0.2, 0.25) is 0 Å². The van der Waals surface area contributed by atoms with Crippen LogP contribution in [0.5, 0.6) is 0 Å². The molecule has 0 radical (unpaired) electrons.